The smallest absolute Gasteiger partial charge is 0.410 e. The van der Waals surface area contributed by atoms with Crippen LogP contribution in [0.2, 0.25) is 0 Å². The maximum absolute atomic E-state index is 12.5. The monoisotopic (exact) mass is 747 g/mol. The normalized spacial score (nSPS) is 20.8. The van der Waals surface area contributed by atoms with Crippen LogP contribution in [0.25, 0.3) is 5.70 Å². The van der Waals surface area contributed by atoms with Crippen molar-refractivity contribution in [3.05, 3.63) is 71.3 Å². The molecule has 1 aromatic carbocycles. The molecule has 1 unspecified atom stereocenters. The molecule has 3 saturated heterocycles. The molecule has 6 rings (SSSR count). The number of nitrogens with zero attached hydrogens (tertiary/aromatic N) is 4. The largest absolute Gasteiger partial charge is 0.507 e. The minimum atomic E-state index is -0.454. The highest BCUT2D eigenvalue weighted by Crippen LogP contribution is 2.50. The van der Waals surface area contributed by atoms with Crippen LogP contribution in [-0.2, 0) is 11.3 Å². The maximum atomic E-state index is 12.5. The number of phenolic OH excluding ortho intramolecular Hbond substituents is 1. The predicted octanol–water partition coefficient (Wildman–Crippen LogP) is 5.72. The summed E-state index contributed by atoms with van der Waals surface area (Å²) in [5, 5.41) is 14.0. The van der Waals surface area contributed by atoms with Gasteiger partial charge in [0.1, 0.15) is 23.3 Å². The summed E-state index contributed by atoms with van der Waals surface area (Å²) in [5.41, 5.74) is 21.5. The van der Waals surface area contributed by atoms with E-state index in [1.54, 1.807) is 24.3 Å². The standard InChI is InChI=1S/C40H60N8O4.C2H6/c1-39(2,3)52-38(50)47-17-11-28(12-18-47)25-46-19-13-40(14-20-46)23-31(24-40)51-36-21-29(10-16-45-36)26-48(27-30-7-6-15-44-30)34(37(42)43)22-33(41)32-8-4-5-9-35(32)49;1-2/h4-5,8-10,16,21-22,28,30-31,44,49H,6-7,11-15,17-20,23-27,41-43H2,1-3H3;1-2H3/b33-22-;. The Labute approximate surface area is 323 Å². The number of nitrogens with one attached hydrogen (secondary N) is 1. The minimum Gasteiger partial charge on any atom is -0.507 e. The van der Waals surface area contributed by atoms with Crippen LogP contribution in [0.3, 0.4) is 0 Å². The Morgan fingerprint density at radius 3 is 2.39 bits per heavy atom. The van der Waals surface area contributed by atoms with Crippen molar-refractivity contribution in [1.29, 1.82) is 0 Å². The van der Waals surface area contributed by atoms with Crippen molar-refractivity contribution in [2.24, 2.45) is 28.5 Å². The van der Waals surface area contributed by atoms with Gasteiger partial charge in [-0.15, -0.1) is 0 Å². The second-order valence-corrected chi connectivity index (χ2v) is 16.5. The van der Waals surface area contributed by atoms with Crippen molar-refractivity contribution in [3.8, 4) is 11.6 Å². The number of pyridine rings is 1. The lowest BCUT2D eigenvalue weighted by Gasteiger charge is -2.52. The van der Waals surface area contributed by atoms with E-state index in [0.29, 0.717) is 53.3 Å². The van der Waals surface area contributed by atoms with Gasteiger partial charge in [0.2, 0.25) is 5.88 Å². The molecular formula is C42H66N8O4. The molecule has 1 spiro atoms. The Bertz CT molecular complexity index is 1570. The average Bonchev–Trinajstić information content (AvgIpc) is 3.64. The molecule has 0 radical (unpaired) electrons. The van der Waals surface area contributed by atoms with Crippen molar-refractivity contribution >= 4 is 11.8 Å². The number of aromatic nitrogens is 1. The molecule has 12 nitrogen and oxygen atoms in total. The second kappa shape index (κ2) is 18.4. The molecule has 4 heterocycles. The van der Waals surface area contributed by atoms with Gasteiger partial charge >= 0.3 is 6.09 Å². The molecule has 4 fully saturated rings. The number of amides is 1. The van der Waals surface area contributed by atoms with Crippen LogP contribution >= 0.6 is 0 Å². The summed E-state index contributed by atoms with van der Waals surface area (Å²) in [7, 11) is 0. The van der Waals surface area contributed by atoms with E-state index in [4.69, 9.17) is 26.7 Å². The molecule has 54 heavy (non-hydrogen) atoms. The summed E-state index contributed by atoms with van der Waals surface area (Å²) < 4.78 is 12.0. The van der Waals surface area contributed by atoms with Gasteiger partial charge in [-0.3, -0.25) is 0 Å². The number of ether oxygens (including phenoxy) is 2. The fraction of sp³-hybridized carbons (Fsp3) is 0.619. The number of piperidine rings is 2. The lowest BCUT2D eigenvalue weighted by Crippen LogP contribution is -2.52. The van der Waals surface area contributed by atoms with Gasteiger partial charge in [-0.1, -0.05) is 26.0 Å². The first-order valence-electron chi connectivity index (χ1n) is 20.2. The number of allylic oxidation sites excluding steroid dienone is 1. The van der Waals surface area contributed by atoms with Crippen molar-refractivity contribution in [1.82, 2.24) is 25.0 Å². The van der Waals surface area contributed by atoms with E-state index in [0.717, 1.165) is 83.4 Å². The van der Waals surface area contributed by atoms with Gasteiger partial charge in [-0.25, -0.2) is 9.78 Å². The van der Waals surface area contributed by atoms with Crippen molar-refractivity contribution in [2.75, 3.05) is 45.8 Å². The van der Waals surface area contributed by atoms with Crippen LogP contribution in [0.5, 0.6) is 11.6 Å². The SMILES string of the molecule is CC.CC(C)(C)OC(=O)N1CCC(CN2CCC3(CC2)CC(Oc2cc(CN(CC4CCCN4)C(/C=C(\N)c4ccccc4O)=C(N)N)ccn2)C3)CC1. The van der Waals surface area contributed by atoms with Crippen LogP contribution in [0.1, 0.15) is 97.1 Å². The van der Waals surface area contributed by atoms with Crippen LogP contribution in [0.4, 0.5) is 4.79 Å². The number of hydrogen-bond acceptors (Lipinski definition) is 11. The number of para-hydroxylation sites is 1. The number of aromatic hydroxyl groups is 1. The number of carbonyl (C=O) groups excluding carboxylic acids is 1. The summed E-state index contributed by atoms with van der Waals surface area (Å²) in [6.45, 7) is 16.9. The van der Waals surface area contributed by atoms with Gasteiger partial charge in [0.05, 0.1) is 5.70 Å². The summed E-state index contributed by atoms with van der Waals surface area (Å²) >= 11 is 0. The molecule has 1 aliphatic carbocycles. The molecular weight excluding hydrogens is 681 g/mol. The van der Waals surface area contributed by atoms with Gasteiger partial charge in [-0.05, 0) is 133 Å². The zero-order valence-corrected chi connectivity index (χ0v) is 33.4. The van der Waals surface area contributed by atoms with Crippen LogP contribution in [0, 0.1) is 11.3 Å². The zero-order chi connectivity index (χ0) is 38.9. The summed E-state index contributed by atoms with van der Waals surface area (Å²) in [6, 6.07) is 11.3. The van der Waals surface area contributed by atoms with Crippen molar-refractivity contribution in [3.63, 3.8) is 0 Å². The first-order valence-corrected chi connectivity index (χ1v) is 20.2. The molecule has 0 bridgehead atoms. The lowest BCUT2D eigenvalue weighted by molar-refractivity contribution is -0.0596. The van der Waals surface area contributed by atoms with Crippen LogP contribution < -0.4 is 27.3 Å². The van der Waals surface area contributed by atoms with E-state index in [2.05, 4.69) is 20.1 Å². The third-order valence-electron chi connectivity index (χ3n) is 11.2. The quantitative estimate of drug-likeness (QED) is 0.178. The summed E-state index contributed by atoms with van der Waals surface area (Å²) in [4.78, 5) is 23.7. The van der Waals surface area contributed by atoms with Crippen LogP contribution in [-0.4, -0.2) is 94.4 Å². The fourth-order valence-electron chi connectivity index (χ4n) is 8.33. The third-order valence-corrected chi connectivity index (χ3v) is 11.2. The van der Waals surface area contributed by atoms with E-state index in [1.807, 2.05) is 63.9 Å². The molecule has 1 aromatic heterocycles. The van der Waals surface area contributed by atoms with Gasteiger partial charge < -0.3 is 51.8 Å². The molecule has 3 aliphatic heterocycles. The minimum absolute atomic E-state index is 0.100. The first kappa shape index (κ1) is 41.0. The van der Waals surface area contributed by atoms with Gasteiger partial charge in [-0.2, -0.15) is 0 Å². The fourth-order valence-corrected chi connectivity index (χ4v) is 8.33. The second-order valence-electron chi connectivity index (χ2n) is 16.5. The number of rotatable bonds is 11. The Hall–Kier alpha value is -4.16. The van der Waals surface area contributed by atoms with Crippen LogP contribution in [0.15, 0.2) is 60.2 Å². The Kier molecular flexibility index (Phi) is 14.0. The average molecular weight is 747 g/mol. The first-order chi connectivity index (χ1) is 25.8. The maximum Gasteiger partial charge on any atom is 0.410 e. The van der Waals surface area contributed by atoms with Gasteiger partial charge in [0.15, 0.2) is 0 Å². The zero-order valence-electron chi connectivity index (χ0n) is 33.4. The molecule has 298 valence electrons. The number of benzene rings is 1. The molecule has 8 N–H and O–H groups in total. The number of phenols is 1. The predicted molar refractivity (Wildman–Crippen MR) is 215 cm³/mol. The highest BCUT2D eigenvalue weighted by atomic mass is 16.6. The molecule has 12 heteroatoms. The molecule has 1 amide bonds. The number of likely N-dealkylation sites (tertiary alicyclic amines) is 2. The Morgan fingerprint density at radius 2 is 1.76 bits per heavy atom. The van der Waals surface area contributed by atoms with E-state index >= 15 is 0 Å². The number of carbonyl (C=O) groups is 1. The van der Waals surface area contributed by atoms with E-state index < -0.39 is 5.60 Å². The topological polar surface area (TPSA) is 168 Å². The van der Waals surface area contributed by atoms with E-state index in [-0.39, 0.29) is 23.8 Å². The summed E-state index contributed by atoms with van der Waals surface area (Å²) in [5.74, 6) is 1.54. The third kappa shape index (κ3) is 11.2. The van der Waals surface area contributed by atoms with E-state index in [9.17, 15) is 9.90 Å². The Balaban J connectivity index is 0.00000276. The highest BCUT2D eigenvalue weighted by molar-refractivity contribution is 5.70. The Morgan fingerprint density at radius 1 is 1.06 bits per heavy atom. The van der Waals surface area contributed by atoms with Gasteiger partial charge in [0.25, 0.3) is 0 Å². The molecule has 1 atom stereocenters. The van der Waals surface area contributed by atoms with Gasteiger partial charge in [0, 0.05) is 62.3 Å². The molecule has 2 aromatic rings. The lowest BCUT2D eigenvalue weighted by atomic mass is 9.61. The van der Waals surface area contributed by atoms with Crippen molar-refractivity contribution < 1.29 is 19.4 Å². The number of nitrogens with two attached hydrogens (primary N) is 3. The van der Waals surface area contributed by atoms with Crippen molar-refractivity contribution in [2.45, 2.75) is 110 Å². The summed E-state index contributed by atoms with van der Waals surface area (Å²) in [6.07, 6.45) is 12.3. The molecule has 4 aliphatic rings. The molecule has 1 saturated carbocycles. The number of hydrogen-bond donors (Lipinski definition) is 5. The van der Waals surface area contributed by atoms with E-state index in [1.165, 1.54) is 12.8 Å². The highest BCUT2D eigenvalue weighted by Gasteiger charge is 2.47.